The molecule has 0 aliphatic rings. The molecule has 0 saturated heterocycles. The minimum absolute atomic E-state index is 0.0767. The van der Waals surface area contributed by atoms with Gasteiger partial charge in [0.05, 0.1) is 36.2 Å². The molecule has 188 valence electrons. The van der Waals surface area contributed by atoms with Crippen LogP contribution < -0.4 is 0 Å². The average molecular weight is 515 g/mol. The Hall–Kier alpha value is -2.15. The van der Waals surface area contributed by atoms with Crippen LogP contribution >= 0.6 is 0 Å². The summed E-state index contributed by atoms with van der Waals surface area (Å²) in [6, 6.07) is 11.1. The second-order valence-corrected chi connectivity index (χ2v) is 11.8. The Bertz CT molecular complexity index is 1080. The number of hydrogen-bond donors (Lipinski definition) is 0. The van der Waals surface area contributed by atoms with Gasteiger partial charge < -0.3 is 18.9 Å². The third-order valence-corrected chi connectivity index (χ3v) is 8.85. The zero-order chi connectivity index (χ0) is 25.4. The van der Waals surface area contributed by atoms with Gasteiger partial charge in [-0.25, -0.2) is 16.8 Å². The summed E-state index contributed by atoms with van der Waals surface area (Å²) >= 11 is 0. The minimum Gasteiger partial charge on any atom is -0.382 e. The fraction of sp³-hybridized carbons (Fsp3) is 0.435. The van der Waals surface area contributed by atoms with Gasteiger partial charge in [-0.15, -0.1) is 0 Å². The molecular weight excluding hydrogens is 484 g/mol. The van der Waals surface area contributed by atoms with Gasteiger partial charge in [-0.2, -0.15) is 0 Å². The predicted molar refractivity (Wildman–Crippen MR) is 125 cm³/mol. The van der Waals surface area contributed by atoms with Gasteiger partial charge in [-0.1, -0.05) is 24.3 Å². The first kappa shape index (κ1) is 28.1. The van der Waals surface area contributed by atoms with Crippen molar-refractivity contribution in [2.75, 3.05) is 40.6 Å². The Balaban J connectivity index is 2.29. The smallest absolute Gasteiger partial charge is 0.204 e. The lowest BCUT2D eigenvalue weighted by atomic mass is 10.0. The molecule has 0 saturated carbocycles. The normalized spacial score (nSPS) is 14.0. The fourth-order valence-corrected chi connectivity index (χ4v) is 5.39. The number of carbonyl (C=O) groups is 1. The molecule has 0 aromatic heterocycles. The summed E-state index contributed by atoms with van der Waals surface area (Å²) in [5.74, 6) is -0.519. The van der Waals surface area contributed by atoms with Crippen molar-refractivity contribution in [3.8, 4) is 0 Å². The number of methoxy groups -OCH3 is 2. The van der Waals surface area contributed by atoms with Gasteiger partial charge >= 0.3 is 0 Å². The van der Waals surface area contributed by atoms with Crippen molar-refractivity contribution < 1.29 is 40.6 Å². The van der Waals surface area contributed by atoms with Crippen LogP contribution in [0.15, 0.2) is 58.3 Å². The number of carbonyl (C=O) groups excluding carboxylic acids is 1. The van der Waals surface area contributed by atoms with E-state index in [0.717, 1.165) is 0 Å². The molecule has 9 nitrogen and oxygen atoms in total. The van der Waals surface area contributed by atoms with Crippen LogP contribution in [-0.2, 0) is 38.6 Å². The summed E-state index contributed by atoms with van der Waals surface area (Å²) < 4.78 is 71.7. The van der Waals surface area contributed by atoms with Crippen molar-refractivity contribution in [1.82, 2.24) is 0 Å². The Morgan fingerprint density at radius 3 is 1.44 bits per heavy atom. The van der Waals surface area contributed by atoms with Gasteiger partial charge in [0, 0.05) is 25.3 Å². The zero-order valence-corrected chi connectivity index (χ0v) is 21.2. The number of ketones is 1. The van der Waals surface area contributed by atoms with E-state index >= 15 is 0 Å². The van der Waals surface area contributed by atoms with E-state index < -0.39 is 36.3 Å². The number of hydrogen-bond acceptors (Lipinski definition) is 9. The van der Waals surface area contributed by atoms with E-state index in [9.17, 15) is 21.6 Å². The number of rotatable bonds is 14. The van der Waals surface area contributed by atoms with Gasteiger partial charge in [0.2, 0.25) is 19.7 Å². The summed E-state index contributed by atoms with van der Waals surface area (Å²) in [5.41, 5.74) is -2.07. The maximum atomic E-state index is 13.1. The molecule has 11 heteroatoms. The molecule has 34 heavy (non-hydrogen) atoms. The highest BCUT2D eigenvalue weighted by molar-refractivity contribution is 7.92. The first-order valence-electron chi connectivity index (χ1n) is 10.5. The lowest BCUT2D eigenvalue weighted by Gasteiger charge is -2.15. The Morgan fingerprint density at radius 2 is 1.09 bits per heavy atom. The third kappa shape index (κ3) is 6.94. The molecule has 0 heterocycles. The fourth-order valence-electron chi connectivity index (χ4n) is 2.95. The molecule has 0 bridgehead atoms. The third-order valence-electron chi connectivity index (χ3n) is 5.00. The van der Waals surface area contributed by atoms with E-state index in [1.54, 1.807) is 0 Å². The standard InChI is InChI=1S/C23H30O9S2/c1-17(31-13-11-29-3)33(25,26)21-9-5-7-19(15-21)23(24)20-8-6-10-22(16-20)34(27,28)18(2)32-14-12-30-4/h5-10,15-18H,11-14H2,1-4H3. The molecule has 0 radical (unpaired) electrons. The topological polar surface area (TPSA) is 122 Å². The van der Waals surface area contributed by atoms with Crippen molar-refractivity contribution in [3.05, 3.63) is 59.7 Å². The second kappa shape index (κ2) is 12.5. The molecule has 0 spiro atoms. The summed E-state index contributed by atoms with van der Waals surface area (Å²) in [7, 11) is -4.77. The number of benzene rings is 2. The predicted octanol–water partition coefficient (Wildman–Crippen LogP) is 2.48. The molecule has 0 N–H and O–H groups in total. The van der Waals surface area contributed by atoms with Crippen LogP contribution in [0.25, 0.3) is 0 Å². The van der Waals surface area contributed by atoms with Crippen molar-refractivity contribution in [2.45, 2.75) is 34.5 Å². The first-order chi connectivity index (χ1) is 16.1. The maximum Gasteiger partial charge on any atom is 0.204 e. The van der Waals surface area contributed by atoms with Crippen LogP contribution in [0.4, 0.5) is 0 Å². The molecule has 0 aliphatic heterocycles. The summed E-state index contributed by atoms with van der Waals surface area (Å²) in [5, 5.41) is 0. The maximum absolute atomic E-state index is 13.1. The van der Waals surface area contributed by atoms with E-state index in [2.05, 4.69) is 0 Å². The molecule has 2 unspecified atom stereocenters. The van der Waals surface area contributed by atoms with Crippen LogP contribution in [-0.4, -0.2) is 74.1 Å². The van der Waals surface area contributed by atoms with Crippen LogP contribution in [0, 0.1) is 0 Å². The SMILES string of the molecule is COCCOC(C)S(=O)(=O)c1cccc(C(=O)c2cccc(S(=O)(=O)C(C)OCCOC)c2)c1. The largest absolute Gasteiger partial charge is 0.382 e. The van der Waals surface area contributed by atoms with E-state index in [1.807, 2.05) is 0 Å². The van der Waals surface area contributed by atoms with Gasteiger partial charge in [0.15, 0.2) is 16.7 Å². The lowest BCUT2D eigenvalue weighted by molar-refractivity contribution is 0.0600. The first-order valence-corrected chi connectivity index (χ1v) is 13.6. The van der Waals surface area contributed by atoms with Crippen molar-refractivity contribution >= 4 is 25.5 Å². The monoisotopic (exact) mass is 514 g/mol. The highest BCUT2D eigenvalue weighted by Crippen LogP contribution is 2.23. The van der Waals surface area contributed by atoms with Crippen LogP contribution in [0.2, 0.25) is 0 Å². The Labute approximate surface area is 200 Å². The van der Waals surface area contributed by atoms with Gasteiger partial charge in [-0.05, 0) is 38.1 Å². The van der Waals surface area contributed by atoms with Crippen molar-refractivity contribution in [1.29, 1.82) is 0 Å². The van der Waals surface area contributed by atoms with E-state index in [-0.39, 0.29) is 47.3 Å². The quantitative estimate of drug-likeness (QED) is 0.276. The van der Waals surface area contributed by atoms with Crippen LogP contribution in [0.1, 0.15) is 29.8 Å². The second-order valence-electron chi connectivity index (χ2n) is 7.34. The molecule has 2 rings (SSSR count). The molecule has 0 aliphatic carbocycles. The lowest BCUT2D eigenvalue weighted by Crippen LogP contribution is -2.23. The minimum atomic E-state index is -3.86. The Morgan fingerprint density at radius 1 is 0.706 bits per heavy atom. The van der Waals surface area contributed by atoms with E-state index in [1.165, 1.54) is 76.6 Å². The van der Waals surface area contributed by atoms with E-state index in [0.29, 0.717) is 0 Å². The van der Waals surface area contributed by atoms with Gasteiger partial charge in [0.25, 0.3) is 0 Å². The Kier molecular flexibility index (Phi) is 10.3. The molecule has 0 fully saturated rings. The van der Waals surface area contributed by atoms with Crippen LogP contribution in [0.5, 0.6) is 0 Å². The van der Waals surface area contributed by atoms with Crippen molar-refractivity contribution in [2.24, 2.45) is 0 Å². The van der Waals surface area contributed by atoms with Crippen LogP contribution in [0.3, 0.4) is 0 Å². The van der Waals surface area contributed by atoms with Gasteiger partial charge in [0.1, 0.15) is 0 Å². The summed E-state index contributed by atoms with van der Waals surface area (Å²) in [6.07, 6.45) is 0. The van der Waals surface area contributed by atoms with Gasteiger partial charge in [-0.3, -0.25) is 4.79 Å². The molecule has 2 aromatic rings. The molecule has 2 aromatic carbocycles. The molecule has 2 atom stereocenters. The zero-order valence-electron chi connectivity index (χ0n) is 19.6. The highest BCUT2D eigenvalue weighted by Gasteiger charge is 2.27. The number of ether oxygens (including phenoxy) is 4. The average Bonchev–Trinajstić information content (AvgIpc) is 2.83. The number of sulfone groups is 2. The van der Waals surface area contributed by atoms with E-state index in [4.69, 9.17) is 18.9 Å². The molecule has 0 amide bonds. The molecular formula is C23H30O9S2. The summed E-state index contributed by atoms with van der Waals surface area (Å²) in [4.78, 5) is 12.9. The van der Waals surface area contributed by atoms with Crippen molar-refractivity contribution in [3.63, 3.8) is 0 Å². The summed E-state index contributed by atoms with van der Waals surface area (Å²) in [6.45, 7) is 3.50. The highest BCUT2D eigenvalue weighted by atomic mass is 32.2.